The monoisotopic (exact) mass is 353 g/mol. The topological polar surface area (TPSA) is 67.2 Å². The van der Waals surface area contributed by atoms with Gasteiger partial charge in [-0.1, -0.05) is 27.5 Å². The molecule has 0 saturated heterocycles. The van der Waals surface area contributed by atoms with Crippen LogP contribution in [0.2, 0.25) is 5.02 Å². The number of carbonyl (C=O) groups excluding carboxylic acids is 1. The summed E-state index contributed by atoms with van der Waals surface area (Å²) in [5.74, 6) is 5.12. The van der Waals surface area contributed by atoms with Crippen molar-refractivity contribution >= 4 is 44.8 Å². The standard InChI is InChI=1S/C14H13BrClN3O/c1-8-6-10(3-4-12(8)15)18-14(20)11-7-9(16)2-5-13(11)19-17/h2-7,19H,17H2,1H3,(H,18,20). The number of aryl methyl sites for hydroxylation is 1. The molecule has 0 atom stereocenters. The Bertz CT molecular complexity index is 661. The minimum Gasteiger partial charge on any atom is -0.323 e. The molecule has 1 amide bonds. The fraction of sp³-hybridized carbons (Fsp3) is 0.0714. The number of hydrogen-bond acceptors (Lipinski definition) is 3. The van der Waals surface area contributed by atoms with Crippen molar-refractivity contribution in [3.05, 3.63) is 57.0 Å². The first-order valence-corrected chi connectivity index (χ1v) is 7.02. The van der Waals surface area contributed by atoms with Gasteiger partial charge in [0.05, 0.1) is 11.3 Å². The Morgan fingerprint density at radius 2 is 2.00 bits per heavy atom. The van der Waals surface area contributed by atoms with Crippen LogP contribution in [0, 0.1) is 6.92 Å². The number of carbonyl (C=O) groups is 1. The molecule has 104 valence electrons. The van der Waals surface area contributed by atoms with Crippen LogP contribution >= 0.6 is 27.5 Å². The predicted molar refractivity (Wildman–Crippen MR) is 86.1 cm³/mol. The van der Waals surface area contributed by atoms with E-state index in [9.17, 15) is 4.79 Å². The zero-order chi connectivity index (χ0) is 14.7. The molecule has 0 heterocycles. The van der Waals surface area contributed by atoms with Crippen LogP contribution in [0.4, 0.5) is 11.4 Å². The lowest BCUT2D eigenvalue weighted by Crippen LogP contribution is -2.17. The first-order chi connectivity index (χ1) is 9.51. The second-order valence-corrected chi connectivity index (χ2v) is 5.54. The van der Waals surface area contributed by atoms with Crippen LogP contribution in [0.1, 0.15) is 15.9 Å². The maximum Gasteiger partial charge on any atom is 0.257 e. The molecule has 0 unspecified atom stereocenters. The molecule has 0 fully saturated rings. The first kappa shape index (κ1) is 14.8. The Balaban J connectivity index is 2.27. The molecule has 0 aliphatic rings. The summed E-state index contributed by atoms with van der Waals surface area (Å²) in [5, 5.41) is 3.29. The van der Waals surface area contributed by atoms with Crippen LogP contribution in [0.3, 0.4) is 0 Å². The molecule has 0 radical (unpaired) electrons. The largest absolute Gasteiger partial charge is 0.323 e. The van der Waals surface area contributed by atoms with Crippen molar-refractivity contribution in [2.75, 3.05) is 10.7 Å². The van der Waals surface area contributed by atoms with Crippen molar-refractivity contribution in [1.29, 1.82) is 0 Å². The van der Waals surface area contributed by atoms with Gasteiger partial charge in [-0.05, 0) is 48.9 Å². The molecule has 0 bridgehead atoms. The molecule has 0 spiro atoms. The highest BCUT2D eigenvalue weighted by Crippen LogP contribution is 2.23. The highest BCUT2D eigenvalue weighted by molar-refractivity contribution is 9.10. The van der Waals surface area contributed by atoms with Crippen LogP contribution < -0.4 is 16.6 Å². The van der Waals surface area contributed by atoms with Crippen molar-refractivity contribution in [1.82, 2.24) is 0 Å². The third-order valence-corrected chi connectivity index (χ3v) is 3.92. The molecule has 2 rings (SSSR count). The average molecular weight is 355 g/mol. The Labute approximate surface area is 130 Å². The molecule has 0 saturated carbocycles. The first-order valence-electron chi connectivity index (χ1n) is 5.85. The number of hydrazine groups is 1. The molecule has 6 heteroatoms. The molecule has 2 aromatic rings. The third kappa shape index (κ3) is 3.30. The van der Waals surface area contributed by atoms with Crippen LogP contribution in [-0.2, 0) is 0 Å². The molecule has 0 aromatic heterocycles. The second-order valence-electron chi connectivity index (χ2n) is 4.25. The van der Waals surface area contributed by atoms with E-state index < -0.39 is 0 Å². The quantitative estimate of drug-likeness (QED) is 0.577. The number of hydrogen-bond donors (Lipinski definition) is 3. The van der Waals surface area contributed by atoms with E-state index in [1.807, 2.05) is 25.1 Å². The van der Waals surface area contributed by atoms with Gasteiger partial charge in [0, 0.05) is 15.2 Å². The normalized spacial score (nSPS) is 10.2. The zero-order valence-corrected chi connectivity index (χ0v) is 13.0. The Morgan fingerprint density at radius 1 is 1.25 bits per heavy atom. The predicted octanol–water partition coefficient (Wildman–Crippen LogP) is 3.95. The van der Waals surface area contributed by atoms with E-state index in [0.29, 0.717) is 22.0 Å². The van der Waals surface area contributed by atoms with Gasteiger partial charge in [0.15, 0.2) is 0 Å². The molecular formula is C14H13BrClN3O. The molecule has 0 aliphatic carbocycles. The fourth-order valence-corrected chi connectivity index (χ4v) is 2.17. The van der Waals surface area contributed by atoms with Crippen molar-refractivity contribution in [3.63, 3.8) is 0 Å². The fourth-order valence-electron chi connectivity index (χ4n) is 1.75. The van der Waals surface area contributed by atoms with E-state index in [-0.39, 0.29) is 5.91 Å². The number of nitrogens with two attached hydrogens (primary N) is 1. The Morgan fingerprint density at radius 3 is 2.65 bits per heavy atom. The van der Waals surface area contributed by atoms with Gasteiger partial charge in [-0.25, -0.2) is 0 Å². The maximum absolute atomic E-state index is 12.3. The molecule has 20 heavy (non-hydrogen) atoms. The SMILES string of the molecule is Cc1cc(NC(=O)c2cc(Cl)ccc2NN)ccc1Br. The molecule has 4 nitrogen and oxygen atoms in total. The number of nitrogen functional groups attached to an aromatic ring is 1. The van der Waals surface area contributed by atoms with Crippen LogP contribution in [0.5, 0.6) is 0 Å². The maximum atomic E-state index is 12.3. The van der Waals surface area contributed by atoms with Gasteiger partial charge in [0.25, 0.3) is 5.91 Å². The Kier molecular flexibility index (Phi) is 4.65. The minimum absolute atomic E-state index is 0.276. The van der Waals surface area contributed by atoms with E-state index in [0.717, 1.165) is 10.0 Å². The lowest BCUT2D eigenvalue weighted by molar-refractivity contribution is 0.102. The van der Waals surface area contributed by atoms with Crippen molar-refractivity contribution < 1.29 is 4.79 Å². The molecule has 0 aliphatic heterocycles. The zero-order valence-electron chi connectivity index (χ0n) is 10.7. The number of halogens is 2. The molecule has 2 aromatic carbocycles. The van der Waals surface area contributed by atoms with Gasteiger partial charge < -0.3 is 10.7 Å². The van der Waals surface area contributed by atoms with Crippen LogP contribution in [0.25, 0.3) is 0 Å². The van der Waals surface area contributed by atoms with E-state index in [1.54, 1.807) is 18.2 Å². The number of nitrogens with one attached hydrogen (secondary N) is 2. The van der Waals surface area contributed by atoms with Crippen LogP contribution in [0.15, 0.2) is 40.9 Å². The van der Waals surface area contributed by atoms with Crippen molar-refractivity contribution in [3.8, 4) is 0 Å². The second kappa shape index (κ2) is 6.26. The van der Waals surface area contributed by atoms with Crippen LogP contribution in [-0.4, -0.2) is 5.91 Å². The van der Waals surface area contributed by atoms with Gasteiger partial charge in [-0.15, -0.1) is 0 Å². The summed E-state index contributed by atoms with van der Waals surface area (Å²) in [4.78, 5) is 12.3. The lowest BCUT2D eigenvalue weighted by atomic mass is 10.1. The van der Waals surface area contributed by atoms with Crippen molar-refractivity contribution in [2.45, 2.75) is 6.92 Å². The minimum atomic E-state index is -0.276. The molecule has 4 N–H and O–H groups in total. The summed E-state index contributed by atoms with van der Waals surface area (Å²) < 4.78 is 0.988. The van der Waals surface area contributed by atoms with E-state index >= 15 is 0 Å². The summed E-state index contributed by atoms with van der Waals surface area (Å²) in [6.07, 6.45) is 0. The number of benzene rings is 2. The summed E-state index contributed by atoms with van der Waals surface area (Å²) in [5.41, 5.74) is 5.13. The number of anilines is 2. The summed E-state index contributed by atoms with van der Waals surface area (Å²) in [7, 11) is 0. The van der Waals surface area contributed by atoms with Gasteiger partial charge in [0.2, 0.25) is 0 Å². The third-order valence-electron chi connectivity index (χ3n) is 2.80. The molecular weight excluding hydrogens is 342 g/mol. The van der Waals surface area contributed by atoms with E-state index in [1.165, 1.54) is 0 Å². The highest BCUT2D eigenvalue weighted by Gasteiger charge is 2.12. The number of amides is 1. The van der Waals surface area contributed by atoms with E-state index in [2.05, 4.69) is 26.7 Å². The lowest BCUT2D eigenvalue weighted by Gasteiger charge is -2.11. The average Bonchev–Trinajstić information content (AvgIpc) is 2.43. The van der Waals surface area contributed by atoms with Crippen molar-refractivity contribution in [2.24, 2.45) is 5.84 Å². The van der Waals surface area contributed by atoms with Gasteiger partial charge in [0.1, 0.15) is 0 Å². The number of rotatable bonds is 3. The van der Waals surface area contributed by atoms with Gasteiger partial charge in [-0.3, -0.25) is 10.6 Å². The highest BCUT2D eigenvalue weighted by atomic mass is 79.9. The van der Waals surface area contributed by atoms with Gasteiger partial charge in [-0.2, -0.15) is 0 Å². The van der Waals surface area contributed by atoms with Gasteiger partial charge >= 0.3 is 0 Å². The smallest absolute Gasteiger partial charge is 0.257 e. The van der Waals surface area contributed by atoms with E-state index in [4.69, 9.17) is 17.4 Å². The summed E-state index contributed by atoms with van der Waals surface area (Å²) in [6, 6.07) is 10.5. The summed E-state index contributed by atoms with van der Waals surface area (Å²) in [6.45, 7) is 1.95. The Hall–Kier alpha value is -1.56. The summed E-state index contributed by atoms with van der Waals surface area (Å²) >= 11 is 9.33.